The van der Waals surface area contributed by atoms with E-state index in [0.29, 0.717) is 5.71 Å². The minimum atomic E-state index is 0. The van der Waals surface area contributed by atoms with Crippen LogP contribution in [0.2, 0.25) is 0 Å². The molecular formula is C33H42N2Ti+2. The molecule has 0 atom stereocenters. The normalized spacial score (nSPS) is 45.4. The SMILES string of the molecule is [CH]1[CH][CH][CH][CH]1.[CH]1[CH][CH][CH][CH]1.[N-]=C(/C=C(\[NH-])C12CC3CC(CC(C3)C1)C2)C12CC3CC(CC(C3)C1)C2.[Ti+4]. The molecule has 8 bridgehead atoms. The smallest absolute Gasteiger partial charge is 0.807 e. The fraction of sp³-hybridized carbons (Fsp3) is 0.606. The monoisotopic (exact) mass is 514 g/mol. The maximum atomic E-state index is 11.2. The van der Waals surface area contributed by atoms with Crippen LogP contribution in [-0.4, -0.2) is 5.71 Å². The van der Waals surface area contributed by atoms with Crippen LogP contribution in [0.1, 0.15) is 77.0 Å². The third-order valence-electron chi connectivity index (χ3n) is 10.6. The fourth-order valence-electron chi connectivity index (χ4n) is 9.95. The second kappa shape index (κ2) is 11.6. The minimum absolute atomic E-state index is 0. The summed E-state index contributed by atoms with van der Waals surface area (Å²) >= 11 is 0. The summed E-state index contributed by atoms with van der Waals surface area (Å²) in [5.41, 5.74) is 10.6. The van der Waals surface area contributed by atoms with Crippen molar-refractivity contribution in [2.45, 2.75) is 77.0 Å². The molecule has 0 unspecified atom stereocenters. The van der Waals surface area contributed by atoms with Gasteiger partial charge in [0.2, 0.25) is 0 Å². The zero-order valence-electron chi connectivity index (χ0n) is 21.7. The number of rotatable bonds is 3. The molecule has 0 spiro atoms. The van der Waals surface area contributed by atoms with E-state index in [1.54, 1.807) is 0 Å². The van der Waals surface area contributed by atoms with Crippen LogP contribution >= 0.6 is 0 Å². The van der Waals surface area contributed by atoms with Crippen LogP contribution < -0.4 is 0 Å². The van der Waals surface area contributed by atoms with Crippen LogP contribution in [0.3, 0.4) is 0 Å². The van der Waals surface area contributed by atoms with E-state index >= 15 is 0 Å². The molecule has 0 aromatic rings. The molecule has 10 aliphatic rings. The zero-order chi connectivity index (χ0) is 23.9. The van der Waals surface area contributed by atoms with Gasteiger partial charge in [-0.2, -0.15) is 11.4 Å². The summed E-state index contributed by atoms with van der Waals surface area (Å²) in [4.78, 5) is 0. The van der Waals surface area contributed by atoms with E-state index in [9.17, 15) is 5.41 Å². The van der Waals surface area contributed by atoms with Gasteiger partial charge >= 0.3 is 21.7 Å². The molecule has 36 heavy (non-hydrogen) atoms. The Morgan fingerprint density at radius 2 is 0.778 bits per heavy atom. The van der Waals surface area contributed by atoms with Gasteiger partial charge in [0.15, 0.2) is 0 Å². The maximum absolute atomic E-state index is 11.2. The van der Waals surface area contributed by atoms with Crippen molar-refractivity contribution in [3.05, 3.63) is 87.1 Å². The zero-order valence-corrected chi connectivity index (χ0v) is 23.3. The van der Waals surface area contributed by atoms with Gasteiger partial charge in [-0.05, 0) is 188 Å². The molecule has 10 rings (SSSR count). The van der Waals surface area contributed by atoms with Gasteiger partial charge in [0, 0.05) is 0 Å². The maximum Gasteiger partial charge on any atom is 4.00 e. The molecule has 0 aromatic heterocycles. The van der Waals surface area contributed by atoms with Crippen molar-refractivity contribution in [3.8, 4) is 0 Å². The Hall–Kier alpha value is -0.0757. The fourth-order valence-corrected chi connectivity index (χ4v) is 9.95. The van der Waals surface area contributed by atoms with Gasteiger partial charge in [0.25, 0.3) is 0 Å². The Balaban J connectivity index is 0.000000203. The van der Waals surface area contributed by atoms with Gasteiger partial charge in [-0.15, -0.1) is 6.08 Å². The van der Waals surface area contributed by atoms with Gasteiger partial charge in [-0.1, -0.05) is 0 Å². The Kier molecular flexibility index (Phi) is 8.84. The van der Waals surface area contributed by atoms with Crippen molar-refractivity contribution in [1.82, 2.24) is 0 Å². The minimum Gasteiger partial charge on any atom is -0.807 e. The topological polar surface area (TPSA) is 46.1 Å². The molecule has 0 aromatic carbocycles. The molecule has 2 nitrogen and oxygen atoms in total. The Morgan fingerprint density at radius 1 is 0.528 bits per heavy atom. The van der Waals surface area contributed by atoms with E-state index in [0.717, 1.165) is 41.2 Å². The largest absolute Gasteiger partial charge is 4.00 e. The van der Waals surface area contributed by atoms with Crippen LogP contribution in [0, 0.1) is 111 Å². The number of hydrogen-bond donors (Lipinski definition) is 0. The van der Waals surface area contributed by atoms with Crippen LogP contribution in [0.4, 0.5) is 0 Å². The first kappa shape index (κ1) is 27.5. The summed E-state index contributed by atoms with van der Waals surface area (Å²) in [6.45, 7) is 0. The second-order valence-electron chi connectivity index (χ2n) is 13.3. The van der Waals surface area contributed by atoms with Crippen LogP contribution in [0.15, 0.2) is 11.8 Å². The Bertz CT molecular complexity index is 694. The van der Waals surface area contributed by atoms with E-state index in [-0.39, 0.29) is 32.5 Å². The van der Waals surface area contributed by atoms with Gasteiger partial charge in [-0.25, -0.2) is 0 Å². The number of nitrogens with zero attached hydrogens (tertiary/aromatic N) is 1. The van der Waals surface area contributed by atoms with E-state index in [2.05, 4.69) is 0 Å². The standard InChI is InChI=1S/C23H32N2.2C5H5.Ti/c24-20(22-8-14-1-15(9-22)3-16(2-14)10-22)7-21(25)23-11-17-4-18(12-23)6-19(5-17)13-23;2*1-2-4-5-3-1;/h7,14-19,24H,1-6,8-13H2;2*1-5H;/q-2;;;+4/b20-7-;;;. The molecule has 10 aliphatic carbocycles. The molecule has 10 radical (unpaired) electrons. The van der Waals surface area contributed by atoms with Crippen molar-refractivity contribution >= 4 is 5.71 Å². The molecule has 0 amide bonds. The van der Waals surface area contributed by atoms with Crippen LogP contribution in [-0.2, 0) is 21.7 Å². The Labute approximate surface area is 237 Å². The molecule has 0 heterocycles. The molecule has 10 fully saturated rings. The summed E-state index contributed by atoms with van der Waals surface area (Å²) in [5, 5.41) is 11.2. The summed E-state index contributed by atoms with van der Waals surface area (Å²) in [6.07, 6.45) is 37.8. The van der Waals surface area contributed by atoms with Gasteiger partial charge in [-0.3, -0.25) is 0 Å². The van der Waals surface area contributed by atoms with Crippen molar-refractivity contribution in [3.63, 3.8) is 0 Å². The first-order valence-corrected chi connectivity index (χ1v) is 14.4. The second-order valence-corrected chi connectivity index (χ2v) is 13.3. The first-order valence-electron chi connectivity index (χ1n) is 14.4. The summed E-state index contributed by atoms with van der Waals surface area (Å²) in [7, 11) is 0. The average molecular weight is 515 g/mol. The molecule has 0 aliphatic heterocycles. The van der Waals surface area contributed by atoms with Crippen molar-refractivity contribution in [2.24, 2.45) is 46.3 Å². The molecule has 3 heteroatoms. The summed E-state index contributed by atoms with van der Waals surface area (Å²) in [6, 6.07) is 0. The first-order chi connectivity index (χ1) is 17.0. The van der Waals surface area contributed by atoms with E-state index < -0.39 is 0 Å². The average Bonchev–Trinajstić information content (AvgIpc) is 3.56. The van der Waals surface area contributed by atoms with Crippen molar-refractivity contribution < 1.29 is 21.7 Å². The predicted octanol–water partition coefficient (Wildman–Crippen LogP) is 8.41. The van der Waals surface area contributed by atoms with E-state index in [1.807, 2.05) is 70.3 Å². The third kappa shape index (κ3) is 5.76. The predicted molar refractivity (Wildman–Crippen MR) is 145 cm³/mol. The van der Waals surface area contributed by atoms with Crippen LogP contribution in [0.5, 0.6) is 0 Å². The molecule has 1 N–H and O–H groups in total. The van der Waals surface area contributed by atoms with Gasteiger partial charge < -0.3 is 11.1 Å². The van der Waals surface area contributed by atoms with Gasteiger partial charge in [0.1, 0.15) is 0 Å². The molecule has 186 valence electrons. The van der Waals surface area contributed by atoms with E-state index in [1.165, 1.54) is 77.0 Å². The number of allylic oxidation sites excluding steroid dienone is 2. The number of hydrogen-bond acceptors (Lipinski definition) is 0. The van der Waals surface area contributed by atoms with Crippen molar-refractivity contribution in [2.75, 3.05) is 0 Å². The summed E-state index contributed by atoms with van der Waals surface area (Å²) in [5.74, 6) is 5.20. The molecule has 0 saturated heterocycles. The Morgan fingerprint density at radius 3 is 1.06 bits per heavy atom. The third-order valence-corrected chi connectivity index (χ3v) is 10.6. The molecular weight excluding hydrogens is 472 g/mol. The van der Waals surface area contributed by atoms with Crippen molar-refractivity contribution in [1.29, 1.82) is 0 Å². The molecule has 10 saturated carbocycles. The summed E-state index contributed by atoms with van der Waals surface area (Å²) < 4.78 is 0. The van der Waals surface area contributed by atoms with Gasteiger partial charge in [0.05, 0.1) is 0 Å². The van der Waals surface area contributed by atoms with Crippen LogP contribution in [0.25, 0.3) is 11.1 Å². The number of nitrogens with one attached hydrogen (secondary N) is 1. The quantitative estimate of drug-likeness (QED) is 0.268. The van der Waals surface area contributed by atoms with E-state index in [4.69, 9.17) is 5.73 Å².